The van der Waals surface area contributed by atoms with E-state index in [0.717, 1.165) is 0 Å². The van der Waals surface area contributed by atoms with Gasteiger partial charge >= 0.3 is 0 Å². The number of hydrogen-bond donors (Lipinski definition) is 1. The van der Waals surface area contributed by atoms with Crippen molar-refractivity contribution in [3.8, 4) is 17.6 Å². The molecule has 0 radical (unpaired) electrons. The van der Waals surface area contributed by atoms with Crippen LogP contribution in [0.5, 0.6) is 5.75 Å². The van der Waals surface area contributed by atoms with Gasteiger partial charge in [-0.2, -0.15) is 0 Å². The molecule has 2 amide bonds. The van der Waals surface area contributed by atoms with Gasteiger partial charge in [0, 0.05) is 18.7 Å². The number of carbonyl (C=O) groups is 2. The monoisotopic (exact) mass is 400 g/mol. The van der Waals surface area contributed by atoms with Crippen molar-refractivity contribution < 1.29 is 18.7 Å². The van der Waals surface area contributed by atoms with Crippen LogP contribution in [0.3, 0.4) is 0 Å². The molecule has 7 heteroatoms. The molecule has 0 spiro atoms. The number of halogens is 2. The number of nitrogens with one attached hydrogen (secondary N) is 1. The Morgan fingerprint density at radius 2 is 1.96 bits per heavy atom. The molecule has 1 unspecified atom stereocenters. The van der Waals surface area contributed by atoms with Crippen molar-refractivity contribution >= 4 is 29.1 Å². The smallest absolute Gasteiger partial charge is 0.227 e. The molecule has 2 aromatic carbocycles. The van der Waals surface area contributed by atoms with E-state index < -0.39 is 5.92 Å². The van der Waals surface area contributed by atoms with Gasteiger partial charge < -0.3 is 15.0 Å². The van der Waals surface area contributed by atoms with E-state index in [1.54, 1.807) is 18.2 Å². The topological polar surface area (TPSA) is 58.6 Å². The third kappa shape index (κ3) is 5.02. The van der Waals surface area contributed by atoms with Crippen LogP contribution in [-0.2, 0) is 9.59 Å². The second kappa shape index (κ2) is 9.25. The van der Waals surface area contributed by atoms with E-state index in [-0.39, 0.29) is 43.7 Å². The van der Waals surface area contributed by atoms with Gasteiger partial charge in [-0.1, -0.05) is 35.6 Å². The van der Waals surface area contributed by atoms with Crippen molar-refractivity contribution in [2.24, 2.45) is 5.92 Å². The maximum absolute atomic E-state index is 13.0. The van der Waals surface area contributed by atoms with Crippen LogP contribution in [0, 0.1) is 23.6 Å². The molecule has 1 N–H and O–H groups in total. The molecule has 0 saturated carbocycles. The second-order valence-corrected chi connectivity index (χ2v) is 6.58. The lowest BCUT2D eigenvalue weighted by atomic mass is 10.1. The van der Waals surface area contributed by atoms with E-state index in [2.05, 4.69) is 17.2 Å². The summed E-state index contributed by atoms with van der Waals surface area (Å²) in [5.74, 6) is 4.92. The minimum atomic E-state index is -0.460. The summed E-state index contributed by atoms with van der Waals surface area (Å²) in [6.45, 7) is 0.575. The summed E-state index contributed by atoms with van der Waals surface area (Å²) < 4.78 is 18.5. The first-order valence-electron chi connectivity index (χ1n) is 8.71. The minimum Gasteiger partial charge on any atom is -0.479 e. The highest BCUT2D eigenvalue weighted by Crippen LogP contribution is 2.25. The lowest BCUT2D eigenvalue weighted by Gasteiger charge is -2.16. The number of amides is 2. The van der Waals surface area contributed by atoms with E-state index in [9.17, 15) is 14.0 Å². The van der Waals surface area contributed by atoms with Crippen LogP contribution in [0.4, 0.5) is 10.1 Å². The Kier molecular flexibility index (Phi) is 6.51. The zero-order valence-corrected chi connectivity index (χ0v) is 15.7. The second-order valence-electron chi connectivity index (χ2n) is 6.17. The molecule has 1 atom stereocenters. The highest BCUT2D eigenvalue weighted by atomic mass is 35.5. The fraction of sp³-hybridized carbons (Fsp3) is 0.238. The standard InChI is InChI=1S/C21H18ClFN2O3/c22-18-5-1-2-6-19(18)28-12-4-3-11-24-21(27)15-13-20(26)25(14-15)17-9-7-16(23)8-10-17/h1-2,5-10,15H,11-14H2,(H,24,27). The number of rotatable bonds is 5. The molecule has 144 valence electrons. The van der Waals surface area contributed by atoms with Crippen molar-refractivity contribution in [2.45, 2.75) is 6.42 Å². The van der Waals surface area contributed by atoms with Crippen molar-refractivity contribution in [1.82, 2.24) is 5.32 Å². The number of para-hydroxylation sites is 1. The van der Waals surface area contributed by atoms with Crippen LogP contribution < -0.4 is 15.0 Å². The number of carbonyl (C=O) groups excluding carboxylic acids is 2. The normalized spacial score (nSPS) is 15.7. The molecule has 1 saturated heterocycles. The first-order chi connectivity index (χ1) is 13.5. The first-order valence-corrected chi connectivity index (χ1v) is 9.09. The summed E-state index contributed by atoms with van der Waals surface area (Å²) in [7, 11) is 0. The molecule has 0 aliphatic carbocycles. The lowest BCUT2D eigenvalue weighted by molar-refractivity contribution is -0.126. The predicted molar refractivity (Wildman–Crippen MR) is 105 cm³/mol. The van der Waals surface area contributed by atoms with E-state index >= 15 is 0 Å². The maximum Gasteiger partial charge on any atom is 0.227 e. The fourth-order valence-corrected chi connectivity index (χ4v) is 3.01. The molecule has 2 aromatic rings. The number of nitrogens with zero attached hydrogens (tertiary/aromatic N) is 1. The summed E-state index contributed by atoms with van der Waals surface area (Å²) in [5.41, 5.74) is 0.582. The van der Waals surface area contributed by atoms with E-state index in [4.69, 9.17) is 16.3 Å². The molecular formula is C21H18ClFN2O3. The Bertz CT molecular complexity index is 921. The summed E-state index contributed by atoms with van der Waals surface area (Å²) in [4.78, 5) is 25.9. The highest BCUT2D eigenvalue weighted by Gasteiger charge is 2.34. The average molecular weight is 401 g/mol. The largest absolute Gasteiger partial charge is 0.479 e. The van der Waals surface area contributed by atoms with Gasteiger partial charge in [-0.25, -0.2) is 4.39 Å². The summed E-state index contributed by atoms with van der Waals surface area (Å²) in [5, 5.41) is 3.21. The van der Waals surface area contributed by atoms with E-state index in [1.165, 1.54) is 29.2 Å². The molecule has 3 rings (SSSR count). The van der Waals surface area contributed by atoms with Crippen molar-refractivity contribution in [3.05, 3.63) is 59.4 Å². The molecule has 1 heterocycles. The Balaban J connectivity index is 1.44. The molecule has 5 nitrogen and oxygen atoms in total. The van der Waals surface area contributed by atoms with Gasteiger partial charge in [0.15, 0.2) is 0 Å². The number of anilines is 1. The number of hydrogen-bond acceptors (Lipinski definition) is 3. The van der Waals surface area contributed by atoms with Gasteiger partial charge in [0.2, 0.25) is 11.8 Å². The molecule has 1 fully saturated rings. The average Bonchev–Trinajstić information content (AvgIpc) is 3.08. The Hall–Kier alpha value is -3.04. The molecular weight excluding hydrogens is 383 g/mol. The van der Waals surface area contributed by atoms with Crippen molar-refractivity contribution in [3.63, 3.8) is 0 Å². The number of benzene rings is 2. The highest BCUT2D eigenvalue weighted by molar-refractivity contribution is 6.32. The van der Waals surface area contributed by atoms with Gasteiger partial charge in [0.05, 0.1) is 17.5 Å². The van der Waals surface area contributed by atoms with Gasteiger partial charge in [0.25, 0.3) is 0 Å². The van der Waals surface area contributed by atoms with Gasteiger partial charge in [-0.05, 0) is 36.4 Å². The van der Waals surface area contributed by atoms with Crippen LogP contribution in [0.15, 0.2) is 48.5 Å². The first kappa shape index (κ1) is 19.7. The van der Waals surface area contributed by atoms with Crippen LogP contribution in [0.1, 0.15) is 6.42 Å². The van der Waals surface area contributed by atoms with Crippen molar-refractivity contribution in [1.29, 1.82) is 0 Å². The minimum absolute atomic E-state index is 0.117. The SMILES string of the molecule is O=C(NCC#CCOc1ccccc1Cl)C1CC(=O)N(c2ccc(F)cc2)C1. The predicted octanol–water partition coefficient (Wildman–Crippen LogP) is 3.03. The maximum atomic E-state index is 13.0. The zero-order chi connectivity index (χ0) is 19.9. The quantitative estimate of drug-likeness (QED) is 0.785. The lowest BCUT2D eigenvalue weighted by Crippen LogP contribution is -2.33. The van der Waals surface area contributed by atoms with Crippen LogP contribution >= 0.6 is 11.6 Å². The van der Waals surface area contributed by atoms with Crippen LogP contribution in [-0.4, -0.2) is 31.5 Å². The zero-order valence-electron chi connectivity index (χ0n) is 15.0. The van der Waals surface area contributed by atoms with Gasteiger partial charge in [-0.15, -0.1) is 0 Å². The van der Waals surface area contributed by atoms with Gasteiger partial charge in [-0.3, -0.25) is 9.59 Å². The molecule has 0 bridgehead atoms. The van der Waals surface area contributed by atoms with E-state index in [0.29, 0.717) is 16.5 Å². The summed E-state index contributed by atoms with van der Waals surface area (Å²) in [6, 6.07) is 12.7. The van der Waals surface area contributed by atoms with Crippen LogP contribution in [0.2, 0.25) is 5.02 Å². The number of ether oxygens (including phenoxy) is 1. The molecule has 0 aromatic heterocycles. The molecule has 28 heavy (non-hydrogen) atoms. The van der Waals surface area contributed by atoms with Crippen molar-refractivity contribution in [2.75, 3.05) is 24.6 Å². The Morgan fingerprint density at radius 1 is 1.21 bits per heavy atom. The van der Waals surface area contributed by atoms with E-state index in [1.807, 2.05) is 6.07 Å². The fourth-order valence-electron chi connectivity index (χ4n) is 2.82. The summed E-state index contributed by atoms with van der Waals surface area (Å²) in [6.07, 6.45) is 0.117. The Morgan fingerprint density at radius 3 is 2.71 bits per heavy atom. The summed E-state index contributed by atoms with van der Waals surface area (Å²) >= 11 is 5.97. The molecule has 1 aliphatic rings. The third-order valence-electron chi connectivity index (χ3n) is 4.25. The third-order valence-corrected chi connectivity index (χ3v) is 4.56. The Labute approximate surface area is 167 Å². The van der Waals surface area contributed by atoms with Gasteiger partial charge in [0.1, 0.15) is 18.2 Å². The van der Waals surface area contributed by atoms with Crippen LogP contribution in [0.25, 0.3) is 0 Å². The molecule has 1 aliphatic heterocycles.